The number of rotatable bonds is 3. The summed E-state index contributed by atoms with van der Waals surface area (Å²) in [5.41, 5.74) is 2.48. The highest BCUT2D eigenvalue weighted by Crippen LogP contribution is 2.34. The summed E-state index contributed by atoms with van der Waals surface area (Å²) in [4.78, 5) is 12.7. The molecule has 0 heterocycles. The second-order valence-corrected chi connectivity index (χ2v) is 7.25. The van der Waals surface area contributed by atoms with Crippen LogP contribution in [0.2, 0.25) is 0 Å². The lowest BCUT2D eigenvalue weighted by Crippen LogP contribution is -2.54. The summed E-state index contributed by atoms with van der Waals surface area (Å²) in [7, 11) is 0. The van der Waals surface area contributed by atoms with Crippen LogP contribution in [0.5, 0.6) is 0 Å². The molecule has 1 fully saturated rings. The largest absolute Gasteiger partial charge is 0.349 e. The average molecular weight is 306 g/mol. The van der Waals surface area contributed by atoms with E-state index in [4.69, 9.17) is 11.6 Å². The predicted molar refractivity (Wildman–Crippen MR) is 86.6 cm³/mol. The third-order valence-electron chi connectivity index (χ3n) is 5.16. The van der Waals surface area contributed by atoms with Crippen LogP contribution in [0.3, 0.4) is 0 Å². The molecule has 0 radical (unpaired) electrons. The maximum Gasteiger partial charge on any atom is 0.224 e. The van der Waals surface area contributed by atoms with Crippen LogP contribution in [0, 0.1) is 11.8 Å². The van der Waals surface area contributed by atoms with E-state index in [-0.39, 0.29) is 17.4 Å². The first-order valence-corrected chi connectivity index (χ1v) is 8.60. The van der Waals surface area contributed by atoms with E-state index in [0.29, 0.717) is 11.8 Å². The van der Waals surface area contributed by atoms with Crippen LogP contribution < -0.4 is 5.32 Å². The van der Waals surface area contributed by atoms with Gasteiger partial charge in [-0.3, -0.25) is 4.79 Å². The highest BCUT2D eigenvalue weighted by molar-refractivity contribution is 6.18. The molecule has 2 aliphatic carbocycles. The first-order valence-electron chi connectivity index (χ1n) is 8.07. The Morgan fingerprint density at radius 2 is 2.00 bits per heavy atom. The normalized spacial score (nSPS) is 29.1. The van der Waals surface area contributed by atoms with E-state index >= 15 is 0 Å². The molecule has 0 saturated heterocycles. The Hall–Kier alpha value is -1.02. The Balaban J connectivity index is 1.67. The number of hydrogen-bond acceptors (Lipinski definition) is 1. The number of carbonyl (C=O) groups excluding carboxylic acids is 1. The first kappa shape index (κ1) is 14.9. The molecular formula is C18H24ClNO. The Morgan fingerprint density at radius 3 is 2.57 bits per heavy atom. The van der Waals surface area contributed by atoms with Crippen LogP contribution in [0.15, 0.2) is 24.3 Å². The summed E-state index contributed by atoms with van der Waals surface area (Å²) in [6.45, 7) is 2.26. The van der Waals surface area contributed by atoms with Gasteiger partial charge in [-0.05, 0) is 42.7 Å². The fraction of sp³-hybridized carbons (Fsp3) is 0.611. The van der Waals surface area contributed by atoms with Gasteiger partial charge in [-0.25, -0.2) is 0 Å². The van der Waals surface area contributed by atoms with Crippen LogP contribution in [0.1, 0.15) is 43.7 Å². The highest BCUT2D eigenvalue weighted by Gasteiger charge is 2.38. The van der Waals surface area contributed by atoms with Gasteiger partial charge in [-0.1, -0.05) is 44.0 Å². The summed E-state index contributed by atoms with van der Waals surface area (Å²) >= 11 is 6.23. The lowest BCUT2D eigenvalue weighted by molar-refractivity contribution is -0.127. The summed E-state index contributed by atoms with van der Waals surface area (Å²) in [5.74, 6) is 1.46. The molecule has 21 heavy (non-hydrogen) atoms. The zero-order valence-corrected chi connectivity index (χ0v) is 13.5. The zero-order valence-electron chi connectivity index (χ0n) is 12.7. The van der Waals surface area contributed by atoms with Crippen molar-refractivity contribution in [2.24, 2.45) is 11.8 Å². The smallest absolute Gasteiger partial charge is 0.224 e. The van der Waals surface area contributed by atoms with Gasteiger partial charge in [-0.2, -0.15) is 0 Å². The van der Waals surface area contributed by atoms with Crippen LogP contribution in [-0.4, -0.2) is 17.3 Å². The van der Waals surface area contributed by atoms with Crippen molar-refractivity contribution in [2.45, 2.75) is 51.0 Å². The third-order valence-corrected chi connectivity index (χ3v) is 5.67. The van der Waals surface area contributed by atoms with Crippen LogP contribution in [0.25, 0.3) is 0 Å². The molecule has 1 saturated carbocycles. The molecule has 0 spiro atoms. The van der Waals surface area contributed by atoms with Gasteiger partial charge in [0.05, 0.1) is 5.54 Å². The van der Waals surface area contributed by atoms with Gasteiger partial charge >= 0.3 is 0 Å². The van der Waals surface area contributed by atoms with Gasteiger partial charge in [0.1, 0.15) is 0 Å². The molecule has 3 heteroatoms. The number of alkyl halides is 1. The number of carbonyl (C=O) groups is 1. The fourth-order valence-corrected chi connectivity index (χ4v) is 4.35. The molecule has 0 bridgehead atoms. The topological polar surface area (TPSA) is 29.1 Å². The second kappa shape index (κ2) is 6.00. The third kappa shape index (κ3) is 3.11. The molecule has 3 rings (SSSR count). The monoisotopic (exact) mass is 305 g/mol. The van der Waals surface area contributed by atoms with Crippen molar-refractivity contribution in [2.75, 3.05) is 5.88 Å². The van der Waals surface area contributed by atoms with Gasteiger partial charge in [0.15, 0.2) is 0 Å². The maximum absolute atomic E-state index is 12.7. The van der Waals surface area contributed by atoms with E-state index in [1.54, 1.807) is 0 Å². The summed E-state index contributed by atoms with van der Waals surface area (Å²) in [6.07, 6.45) is 6.20. The standard InChI is InChI=1S/C18H24ClNO/c1-13-5-4-8-18(11-13,12-19)20-17(21)16-9-14-6-2-3-7-15(14)10-16/h2-3,6-7,13,16H,4-5,8-12H2,1H3,(H,20,21). The molecule has 1 aromatic carbocycles. The number of hydrogen-bond donors (Lipinski definition) is 1. The Labute approximate surface area is 132 Å². The van der Waals surface area contributed by atoms with Gasteiger partial charge in [0.25, 0.3) is 0 Å². The number of fused-ring (bicyclic) bond motifs is 1. The quantitative estimate of drug-likeness (QED) is 0.848. The molecule has 114 valence electrons. The van der Waals surface area contributed by atoms with Gasteiger partial charge in [0.2, 0.25) is 5.91 Å². The Morgan fingerprint density at radius 1 is 1.33 bits per heavy atom. The molecule has 1 N–H and O–H groups in total. The summed E-state index contributed by atoms with van der Waals surface area (Å²) in [5, 5.41) is 3.32. The molecule has 0 aliphatic heterocycles. The van der Waals surface area contributed by atoms with E-state index in [2.05, 4.69) is 36.5 Å². The van der Waals surface area contributed by atoms with Crippen molar-refractivity contribution < 1.29 is 4.79 Å². The number of nitrogens with one attached hydrogen (secondary N) is 1. The number of amides is 1. The minimum atomic E-state index is -0.176. The van der Waals surface area contributed by atoms with Crippen molar-refractivity contribution in [3.63, 3.8) is 0 Å². The summed E-state index contributed by atoms with van der Waals surface area (Å²) < 4.78 is 0. The molecule has 2 unspecified atom stereocenters. The Bertz CT molecular complexity index is 505. The minimum absolute atomic E-state index is 0.0831. The van der Waals surface area contributed by atoms with Gasteiger partial charge < -0.3 is 5.32 Å². The van der Waals surface area contributed by atoms with E-state index in [9.17, 15) is 4.79 Å². The fourth-order valence-electron chi connectivity index (χ4n) is 4.04. The minimum Gasteiger partial charge on any atom is -0.349 e. The van der Waals surface area contributed by atoms with E-state index in [1.807, 2.05) is 0 Å². The molecule has 1 aromatic rings. The SMILES string of the molecule is CC1CCCC(CCl)(NC(=O)C2Cc3ccccc3C2)C1. The number of benzene rings is 1. The maximum atomic E-state index is 12.7. The zero-order chi connectivity index (χ0) is 14.9. The predicted octanol–water partition coefficient (Wildman–Crippen LogP) is 3.71. The van der Waals surface area contributed by atoms with Crippen molar-refractivity contribution in [3.05, 3.63) is 35.4 Å². The molecule has 1 amide bonds. The van der Waals surface area contributed by atoms with Crippen LogP contribution in [-0.2, 0) is 17.6 Å². The number of halogens is 1. The molecule has 2 nitrogen and oxygen atoms in total. The van der Waals surface area contributed by atoms with Crippen molar-refractivity contribution in [1.82, 2.24) is 5.32 Å². The lowest BCUT2D eigenvalue weighted by Gasteiger charge is -2.40. The average Bonchev–Trinajstić information content (AvgIpc) is 2.91. The van der Waals surface area contributed by atoms with Crippen molar-refractivity contribution in [1.29, 1.82) is 0 Å². The van der Waals surface area contributed by atoms with E-state index in [0.717, 1.165) is 25.7 Å². The molecule has 2 aliphatic rings. The first-order chi connectivity index (χ1) is 10.1. The lowest BCUT2D eigenvalue weighted by atomic mass is 9.77. The molecular weight excluding hydrogens is 282 g/mol. The van der Waals surface area contributed by atoms with Crippen molar-refractivity contribution >= 4 is 17.5 Å². The molecule has 2 atom stereocenters. The van der Waals surface area contributed by atoms with Crippen LogP contribution >= 0.6 is 11.6 Å². The van der Waals surface area contributed by atoms with E-state index in [1.165, 1.54) is 24.0 Å². The van der Waals surface area contributed by atoms with Crippen molar-refractivity contribution in [3.8, 4) is 0 Å². The second-order valence-electron chi connectivity index (χ2n) is 6.98. The highest BCUT2D eigenvalue weighted by atomic mass is 35.5. The summed E-state index contributed by atoms with van der Waals surface area (Å²) in [6, 6.07) is 8.40. The van der Waals surface area contributed by atoms with Gasteiger partial charge in [-0.15, -0.1) is 11.6 Å². The molecule has 0 aromatic heterocycles. The van der Waals surface area contributed by atoms with Gasteiger partial charge in [0, 0.05) is 11.8 Å². The van der Waals surface area contributed by atoms with Crippen LogP contribution in [0.4, 0.5) is 0 Å². The Kier molecular flexibility index (Phi) is 4.26. The van der Waals surface area contributed by atoms with E-state index < -0.39 is 0 Å².